The number of nitrogens with zero attached hydrogens (tertiary/aromatic N) is 2. The van der Waals surface area contributed by atoms with Crippen molar-refractivity contribution in [2.24, 2.45) is 5.92 Å². The fraction of sp³-hybridized carbons (Fsp3) is 0.419. The summed E-state index contributed by atoms with van der Waals surface area (Å²) in [4.78, 5) is 16.9. The second-order valence-electron chi connectivity index (χ2n) is 10.2. The molecule has 1 aliphatic rings. The second kappa shape index (κ2) is 13.4. The molecule has 0 saturated carbocycles. The summed E-state index contributed by atoms with van der Waals surface area (Å²) in [5.41, 5.74) is 2.20. The first-order valence-electron chi connectivity index (χ1n) is 13.7. The topological polar surface area (TPSA) is 126 Å². The molecule has 1 aromatic heterocycles. The van der Waals surface area contributed by atoms with Gasteiger partial charge in [-0.2, -0.15) is 5.26 Å². The molecule has 1 saturated heterocycles. The van der Waals surface area contributed by atoms with Crippen molar-refractivity contribution in [3.8, 4) is 16.5 Å². The molecule has 0 aliphatic carbocycles. The van der Waals surface area contributed by atoms with Crippen LogP contribution in [0.15, 0.2) is 54.1 Å². The first-order valence-corrected chi connectivity index (χ1v) is 14.6. The van der Waals surface area contributed by atoms with Gasteiger partial charge in [0.25, 0.3) is 5.91 Å². The monoisotopic (exact) mass is 563 g/mol. The maximum Gasteiger partial charge on any atom is 0.262 e. The van der Waals surface area contributed by atoms with Gasteiger partial charge in [-0.15, -0.1) is 11.3 Å². The number of anilines is 1. The zero-order chi connectivity index (χ0) is 28.8. The summed E-state index contributed by atoms with van der Waals surface area (Å²) in [6.07, 6.45) is -0.978. The molecule has 3 aromatic rings. The van der Waals surface area contributed by atoms with Gasteiger partial charge in [-0.05, 0) is 65.6 Å². The predicted molar refractivity (Wildman–Crippen MR) is 159 cm³/mol. The first-order chi connectivity index (χ1) is 19.2. The van der Waals surface area contributed by atoms with Crippen LogP contribution in [0, 0.1) is 17.2 Å². The molecular weight excluding hydrogens is 526 g/mol. The van der Waals surface area contributed by atoms with E-state index in [4.69, 9.17) is 4.74 Å². The van der Waals surface area contributed by atoms with E-state index < -0.39 is 36.4 Å². The fourth-order valence-electron chi connectivity index (χ4n) is 4.91. The van der Waals surface area contributed by atoms with Crippen LogP contribution in [0.3, 0.4) is 0 Å². The highest BCUT2D eigenvalue weighted by molar-refractivity contribution is 7.16. The van der Waals surface area contributed by atoms with E-state index >= 15 is 0 Å². The number of aliphatic hydroxyl groups is 3. The highest BCUT2D eigenvalue weighted by atomic mass is 32.1. The number of aliphatic hydroxyl groups excluding tert-OH is 3. The molecule has 1 unspecified atom stereocenters. The Balaban J connectivity index is 1.45. The smallest absolute Gasteiger partial charge is 0.262 e. The Labute approximate surface area is 239 Å². The molecule has 40 heavy (non-hydrogen) atoms. The van der Waals surface area contributed by atoms with Crippen LogP contribution in [0.2, 0.25) is 0 Å². The van der Waals surface area contributed by atoms with Gasteiger partial charge in [0.2, 0.25) is 0 Å². The summed E-state index contributed by atoms with van der Waals surface area (Å²) in [5, 5.41) is 44.7. The van der Waals surface area contributed by atoms with Crippen LogP contribution in [-0.2, 0) is 9.53 Å². The Hall–Kier alpha value is -3.26. The average molecular weight is 564 g/mol. The molecule has 9 heteroatoms. The van der Waals surface area contributed by atoms with Gasteiger partial charge in [-0.1, -0.05) is 39.0 Å². The molecular formula is C31H37N3O5S. The van der Waals surface area contributed by atoms with Gasteiger partial charge >= 0.3 is 0 Å². The number of nitrogens with one attached hydrogen (secondary N) is 1. The van der Waals surface area contributed by atoms with E-state index in [0.29, 0.717) is 0 Å². The van der Waals surface area contributed by atoms with Crippen LogP contribution in [0.1, 0.15) is 38.5 Å². The summed E-state index contributed by atoms with van der Waals surface area (Å²) in [5.74, 6) is -1.29. The van der Waals surface area contributed by atoms with Crippen molar-refractivity contribution in [1.82, 2.24) is 5.32 Å². The van der Waals surface area contributed by atoms with Gasteiger partial charge in [0.05, 0.1) is 6.10 Å². The van der Waals surface area contributed by atoms with Crippen molar-refractivity contribution in [3.05, 3.63) is 59.0 Å². The van der Waals surface area contributed by atoms with Crippen LogP contribution < -0.4 is 10.2 Å². The minimum Gasteiger partial charge on any atom is -0.390 e. The molecule has 1 fully saturated rings. The molecule has 2 heterocycles. The van der Waals surface area contributed by atoms with Crippen LogP contribution in [0.4, 0.5) is 5.69 Å². The van der Waals surface area contributed by atoms with Crippen molar-refractivity contribution in [2.45, 2.75) is 58.2 Å². The number of ether oxygens (including phenoxy) is 1. The van der Waals surface area contributed by atoms with E-state index in [9.17, 15) is 25.4 Å². The molecule has 0 spiro atoms. The minimum absolute atomic E-state index is 0.0945. The van der Waals surface area contributed by atoms with Gasteiger partial charge in [-0.25, -0.2) is 0 Å². The number of amides is 1. The van der Waals surface area contributed by atoms with Gasteiger partial charge < -0.3 is 30.3 Å². The number of rotatable bonds is 10. The molecule has 2 aromatic carbocycles. The van der Waals surface area contributed by atoms with E-state index in [0.717, 1.165) is 46.6 Å². The number of hydrogen-bond acceptors (Lipinski definition) is 8. The number of nitriles is 1. The highest BCUT2D eigenvalue weighted by Gasteiger charge is 2.41. The van der Waals surface area contributed by atoms with E-state index in [1.807, 2.05) is 18.2 Å². The maximum absolute atomic E-state index is 12.7. The molecule has 4 N–H and O–H groups in total. The van der Waals surface area contributed by atoms with Crippen molar-refractivity contribution in [3.63, 3.8) is 0 Å². The number of carbonyl (C=O) groups is 1. The highest BCUT2D eigenvalue weighted by Crippen LogP contribution is 2.33. The lowest BCUT2D eigenvalue weighted by atomic mass is 9.92. The normalized spacial score (nSPS) is 23.1. The summed E-state index contributed by atoms with van der Waals surface area (Å²) >= 11 is 1.48. The zero-order valence-electron chi connectivity index (χ0n) is 23.1. The first kappa shape index (κ1) is 29.7. The van der Waals surface area contributed by atoms with Crippen molar-refractivity contribution in [2.75, 3.05) is 24.5 Å². The van der Waals surface area contributed by atoms with Crippen molar-refractivity contribution >= 4 is 39.8 Å². The zero-order valence-corrected chi connectivity index (χ0v) is 23.9. The molecule has 0 bridgehead atoms. The third kappa shape index (κ3) is 6.72. The lowest BCUT2D eigenvalue weighted by molar-refractivity contribution is -0.258. The fourth-order valence-corrected chi connectivity index (χ4v) is 5.86. The minimum atomic E-state index is -1.27. The van der Waals surface area contributed by atoms with Gasteiger partial charge in [0.15, 0.2) is 6.29 Å². The number of carbonyl (C=O) groups excluding carboxylic acids is 1. The lowest BCUT2D eigenvalue weighted by Gasteiger charge is -2.39. The van der Waals surface area contributed by atoms with E-state index in [-0.39, 0.29) is 12.1 Å². The van der Waals surface area contributed by atoms with Crippen LogP contribution in [-0.4, -0.2) is 65.5 Å². The molecule has 4 rings (SSSR count). The number of fused-ring (bicyclic) bond motifs is 1. The number of thiophene rings is 1. The molecule has 1 amide bonds. The van der Waals surface area contributed by atoms with Crippen LogP contribution >= 0.6 is 11.3 Å². The maximum atomic E-state index is 12.7. The number of benzene rings is 2. The molecule has 8 nitrogen and oxygen atoms in total. The Kier molecular flexibility index (Phi) is 9.95. The third-order valence-electron chi connectivity index (χ3n) is 7.24. The molecule has 1 aliphatic heterocycles. The Bertz CT molecular complexity index is 1390. The average Bonchev–Trinajstić information content (AvgIpc) is 3.43. The van der Waals surface area contributed by atoms with Gasteiger partial charge in [0, 0.05) is 41.0 Å². The van der Waals surface area contributed by atoms with Crippen molar-refractivity contribution < 1.29 is 24.9 Å². The summed E-state index contributed by atoms with van der Waals surface area (Å²) in [6.45, 7) is 7.86. The van der Waals surface area contributed by atoms with Gasteiger partial charge in [0.1, 0.15) is 23.9 Å². The van der Waals surface area contributed by atoms with E-state index in [1.54, 1.807) is 6.92 Å². The Morgan fingerprint density at radius 1 is 1.05 bits per heavy atom. The largest absolute Gasteiger partial charge is 0.390 e. The second-order valence-corrected chi connectivity index (χ2v) is 11.3. The molecule has 0 radical (unpaired) electrons. The van der Waals surface area contributed by atoms with E-state index in [2.05, 4.69) is 60.5 Å². The Morgan fingerprint density at radius 3 is 2.45 bits per heavy atom. The van der Waals surface area contributed by atoms with Crippen LogP contribution in [0.5, 0.6) is 0 Å². The molecule has 5 atom stereocenters. The summed E-state index contributed by atoms with van der Waals surface area (Å²) in [6, 6.07) is 18.7. The van der Waals surface area contributed by atoms with Crippen molar-refractivity contribution in [1.29, 1.82) is 5.26 Å². The summed E-state index contributed by atoms with van der Waals surface area (Å²) in [7, 11) is 0. The SMILES string of the molecule is CCCN(CCC)c1ccc2cc(-c3ccc(/C=C(\C#N)C(=O)NC[C@H]4OC(O)[C@H](C)[C@@H](O)[C@@H]4O)s3)ccc2c1. The predicted octanol–water partition coefficient (Wildman–Crippen LogP) is 4.29. The number of hydrogen-bond donors (Lipinski definition) is 4. The molecule has 212 valence electrons. The summed E-state index contributed by atoms with van der Waals surface area (Å²) < 4.78 is 5.31. The van der Waals surface area contributed by atoms with E-state index in [1.165, 1.54) is 28.5 Å². The Morgan fingerprint density at radius 2 is 1.75 bits per heavy atom. The quantitative estimate of drug-likeness (QED) is 0.214. The standard InChI is InChI=1S/C31H37N3O5S/c1-4-12-34(13-5-2)24-9-8-20-14-22(7-6-21(20)15-24)27-11-10-25(40-27)16-23(17-32)30(37)33-18-26-29(36)28(35)19(3)31(38)39-26/h6-11,14-16,19,26,28-29,31,35-36,38H,4-5,12-13,18H2,1-3H3,(H,33,37)/b23-16+/t19-,26-,28-,29-,31?/m1/s1. The third-order valence-corrected chi connectivity index (χ3v) is 8.32. The van der Waals surface area contributed by atoms with Gasteiger partial charge in [-0.3, -0.25) is 4.79 Å². The van der Waals surface area contributed by atoms with Crippen LogP contribution in [0.25, 0.3) is 27.3 Å². The lowest BCUT2D eigenvalue weighted by Crippen LogP contribution is -2.56.